The van der Waals surface area contributed by atoms with Crippen molar-refractivity contribution in [3.63, 3.8) is 0 Å². The van der Waals surface area contributed by atoms with Gasteiger partial charge in [0.25, 0.3) is 5.91 Å². The summed E-state index contributed by atoms with van der Waals surface area (Å²) in [6.45, 7) is 3.87. The molecule has 1 N–H and O–H groups in total. The maximum absolute atomic E-state index is 12.8. The highest BCUT2D eigenvalue weighted by atomic mass is 32.1. The first-order chi connectivity index (χ1) is 15.8. The standard InChI is InChI=1S/C23H22N4O3.O2S/c1-14-5-7-17(8-6-14)30-20-11-16(10-19-18(20)9-15(2)29-19)23(28)26-21-12-25-22(13-24-21)27(3)4;1-3-2/h5-13H,1-4H3,(H,24,26,28);. The molecule has 0 spiro atoms. The minimum Gasteiger partial charge on any atom is -0.461 e. The Balaban J connectivity index is 0.000000968. The van der Waals surface area contributed by atoms with Crippen molar-refractivity contribution in [1.82, 2.24) is 9.97 Å². The van der Waals surface area contributed by atoms with Crippen LogP contribution in [0.4, 0.5) is 11.6 Å². The van der Waals surface area contributed by atoms with Crippen molar-refractivity contribution in [2.24, 2.45) is 0 Å². The molecule has 0 aliphatic rings. The largest absolute Gasteiger partial charge is 0.461 e. The molecule has 2 heterocycles. The number of hydrogen-bond acceptors (Lipinski definition) is 8. The number of nitrogens with one attached hydrogen (secondary N) is 1. The molecule has 33 heavy (non-hydrogen) atoms. The van der Waals surface area contributed by atoms with E-state index in [0.717, 1.165) is 16.7 Å². The van der Waals surface area contributed by atoms with E-state index < -0.39 is 11.6 Å². The molecule has 0 radical (unpaired) electrons. The lowest BCUT2D eigenvalue weighted by molar-refractivity contribution is 0.102. The molecular formula is C23H22N4O5S. The molecule has 1 amide bonds. The third-order valence-corrected chi connectivity index (χ3v) is 4.57. The number of fused-ring (bicyclic) bond motifs is 1. The number of nitrogens with zero attached hydrogens (tertiary/aromatic N) is 3. The molecule has 0 fully saturated rings. The molecule has 4 rings (SSSR count). The second-order valence-corrected chi connectivity index (χ2v) is 7.47. The number of amides is 1. The minimum absolute atomic E-state index is 0.327. The first-order valence-corrected chi connectivity index (χ1v) is 10.5. The van der Waals surface area contributed by atoms with Crippen LogP contribution in [0.25, 0.3) is 11.0 Å². The van der Waals surface area contributed by atoms with Crippen molar-refractivity contribution < 1.29 is 22.4 Å². The van der Waals surface area contributed by atoms with Crippen molar-refractivity contribution in [3.05, 3.63) is 71.7 Å². The van der Waals surface area contributed by atoms with Gasteiger partial charge in [-0.1, -0.05) is 17.7 Å². The molecule has 2 aromatic heterocycles. The van der Waals surface area contributed by atoms with Gasteiger partial charge in [0, 0.05) is 19.7 Å². The van der Waals surface area contributed by atoms with Gasteiger partial charge in [0.2, 0.25) is 0 Å². The van der Waals surface area contributed by atoms with Gasteiger partial charge in [-0.25, -0.2) is 9.97 Å². The monoisotopic (exact) mass is 466 g/mol. The fourth-order valence-electron chi connectivity index (χ4n) is 2.99. The first kappa shape index (κ1) is 23.6. The Morgan fingerprint density at radius 2 is 1.73 bits per heavy atom. The number of aryl methyl sites for hydroxylation is 2. The lowest BCUT2D eigenvalue weighted by atomic mass is 10.1. The number of hydrogen-bond donors (Lipinski definition) is 1. The Morgan fingerprint density at radius 3 is 2.33 bits per heavy atom. The van der Waals surface area contributed by atoms with Crippen LogP contribution in [0.2, 0.25) is 0 Å². The Kier molecular flexibility index (Phi) is 7.52. The molecule has 4 aromatic rings. The highest BCUT2D eigenvalue weighted by molar-refractivity contribution is 7.51. The predicted molar refractivity (Wildman–Crippen MR) is 125 cm³/mol. The van der Waals surface area contributed by atoms with Crippen LogP contribution < -0.4 is 15.0 Å². The van der Waals surface area contributed by atoms with Crippen LogP contribution in [0.1, 0.15) is 21.7 Å². The van der Waals surface area contributed by atoms with Crippen LogP contribution in [0.15, 0.2) is 59.3 Å². The predicted octanol–water partition coefficient (Wildman–Crippen LogP) is 4.28. The Hall–Kier alpha value is -4.05. The quantitative estimate of drug-likeness (QED) is 0.463. The van der Waals surface area contributed by atoms with Crippen molar-refractivity contribution in [2.45, 2.75) is 13.8 Å². The zero-order valence-corrected chi connectivity index (χ0v) is 19.3. The zero-order valence-electron chi connectivity index (χ0n) is 18.5. The summed E-state index contributed by atoms with van der Waals surface area (Å²) in [6, 6.07) is 13.0. The highest BCUT2D eigenvalue weighted by Crippen LogP contribution is 2.34. The fraction of sp³-hybridized carbons (Fsp3) is 0.174. The highest BCUT2D eigenvalue weighted by Gasteiger charge is 2.16. The fourth-order valence-corrected chi connectivity index (χ4v) is 2.99. The van der Waals surface area contributed by atoms with Gasteiger partial charge in [0.05, 0.1) is 17.8 Å². The van der Waals surface area contributed by atoms with Crippen LogP contribution in [-0.2, 0) is 11.6 Å². The average Bonchev–Trinajstić information content (AvgIpc) is 3.16. The van der Waals surface area contributed by atoms with Gasteiger partial charge in [0.1, 0.15) is 28.7 Å². The molecule has 170 valence electrons. The van der Waals surface area contributed by atoms with Gasteiger partial charge in [-0.05, 0) is 44.2 Å². The lowest BCUT2D eigenvalue weighted by Gasteiger charge is -2.12. The van der Waals surface area contributed by atoms with E-state index in [1.54, 1.807) is 18.3 Å². The summed E-state index contributed by atoms with van der Waals surface area (Å²) in [6.07, 6.45) is 3.12. The summed E-state index contributed by atoms with van der Waals surface area (Å²) < 4.78 is 28.4. The summed E-state index contributed by atoms with van der Waals surface area (Å²) in [5.74, 6) is 2.71. The number of carbonyl (C=O) groups is 1. The number of ether oxygens (including phenoxy) is 1. The maximum atomic E-state index is 12.8. The van der Waals surface area contributed by atoms with E-state index >= 15 is 0 Å². The second kappa shape index (κ2) is 10.5. The summed E-state index contributed by atoms with van der Waals surface area (Å²) in [5.41, 5.74) is 2.12. The molecule has 0 atom stereocenters. The summed E-state index contributed by atoms with van der Waals surface area (Å²) in [7, 11) is 3.75. The number of carbonyl (C=O) groups excluding carboxylic acids is 1. The number of furan rings is 1. The third kappa shape index (κ3) is 6.01. The lowest BCUT2D eigenvalue weighted by Crippen LogP contribution is -2.15. The van der Waals surface area contributed by atoms with Crippen LogP contribution in [0, 0.1) is 13.8 Å². The molecule has 9 nitrogen and oxygen atoms in total. The van der Waals surface area contributed by atoms with Crippen molar-refractivity contribution in [2.75, 3.05) is 24.3 Å². The molecular weight excluding hydrogens is 444 g/mol. The topological polar surface area (TPSA) is 115 Å². The SMILES string of the molecule is Cc1ccc(Oc2cc(C(=O)Nc3cnc(N(C)C)cn3)cc3oc(C)cc23)cc1.O=S=O. The van der Waals surface area contributed by atoms with E-state index in [0.29, 0.717) is 34.3 Å². The Labute approximate surface area is 194 Å². The van der Waals surface area contributed by atoms with Crippen LogP contribution in [0.5, 0.6) is 11.5 Å². The number of aromatic nitrogens is 2. The third-order valence-electron chi connectivity index (χ3n) is 4.57. The minimum atomic E-state index is -0.750. The molecule has 0 saturated carbocycles. The van der Waals surface area contributed by atoms with Crippen LogP contribution in [0.3, 0.4) is 0 Å². The molecule has 0 unspecified atom stereocenters. The van der Waals surface area contributed by atoms with Crippen molar-refractivity contribution in [3.8, 4) is 11.5 Å². The van der Waals surface area contributed by atoms with E-state index in [1.165, 1.54) is 6.20 Å². The smallest absolute Gasteiger partial charge is 0.335 e. The molecule has 0 aliphatic carbocycles. The first-order valence-electron chi connectivity index (χ1n) is 9.82. The molecule has 0 saturated heterocycles. The van der Waals surface area contributed by atoms with Crippen molar-refractivity contribution >= 4 is 40.1 Å². The Morgan fingerprint density at radius 1 is 1.03 bits per heavy atom. The number of rotatable bonds is 5. The van der Waals surface area contributed by atoms with Gasteiger partial charge in [-0.2, -0.15) is 8.42 Å². The van der Waals surface area contributed by atoms with Gasteiger partial charge in [0.15, 0.2) is 5.82 Å². The Bertz CT molecular complexity index is 1300. The van der Waals surface area contributed by atoms with Gasteiger partial charge < -0.3 is 19.4 Å². The number of anilines is 2. The molecule has 10 heteroatoms. The van der Waals surface area contributed by atoms with E-state index in [2.05, 4.69) is 15.3 Å². The second-order valence-electron chi connectivity index (χ2n) is 7.33. The van der Waals surface area contributed by atoms with Crippen molar-refractivity contribution in [1.29, 1.82) is 0 Å². The molecule has 0 bridgehead atoms. The summed E-state index contributed by atoms with van der Waals surface area (Å²) >= 11 is -0.750. The molecule has 0 aliphatic heterocycles. The van der Waals surface area contributed by atoms with E-state index in [4.69, 9.17) is 17.6 Å². The van der Waals surface area contributed by atoms with Gasteiger partial charge in [-0.3, -0.25) is 4.79 Å². The number of benzene rings is 2. The average molecular weight is 467 g/mol. The van der Waals surface area contributed by atoms with E-state index in [-0.39, 0.29) is 5.91 Å². The normalized spacial score (nSPS) is 10.2. The summed E-state index contributed by atoms with van der Waals surface area (Å²) in [4.78, 5) is 23.2. The summed E-state index contributed by atoms with van der Waals surface area (Å²) in [5, 5.41) is 3.57. The van der Waals surface area contributed by atoms with Crippen LogP contribution >= 0.6 is 0 Å². The van der Waals surface area contributed by atoms with Gasteiger partial charge >= 0.3 is 11.6 Å². The van der Waals surface area contributed by atoms with Crippen LogP contribution in [-0.4, -0.2) is 38.4 Å². The van der Waals surface area contributed by atoms with E-state index in [1.807, 2.05) is 63.2 Å². The molecule has 2 aromatic carbocycles. The van der Waals surface area contributed by atoms with E-state index in [9.17, 15) is 4.79 Å². The zero-order chi connectivity index (χ0) is 24.0. The maximum Gasteiger partial charge on any atom is 0.335 e. The van der Waals surface area contributed by atoms with Gasteiger partial charge in [-0.15, -0.1) is 0 Å².